The lowest BCUT2D eigenvalue weighted by atomic mass is 10.0. The minimum Gasteiger partial charge on any atom is -0.465 e. The maximum Gasteiger partial charge on any atom is 0.414 e. The zero-order valence-electron chi connectivity index (χ0n) is 20.0. The van der Waals surface area contributed by atoms with E-state index in [1.54, 1.807) is 83.6 Å². The summed E-state index contributed by atoms with van der Waals surface area (Å²) in [5.74, 6) is -0.619. The van der Waals surface area contributed by atoms with Crippen LogP contribution in [0.25, 0.3) is 28.0 Å². The Morgan fingerprint density at radius 1 is 1.00 bits per heavy atom. The van der Waals surface area contributed by atoms with E-state index in [9.17, 15) is 32.7 Å². The fourth-order valence-corrected chi connectivity index (χ4v) is 3.84. The molecule has 4 rings (SSSR count). The molecule has 0 atom stereocenters. The molecule has 2 aromatic heterocycles. The van der Waals surface area contributed by atoms with Crippen molar-refractivity contribution in [2.45, 2.75) is 13.1 Å². The topological polar surface area (TPSA) is 116 Å². The molecule has 2 aromatic carbocycles. The smallest absolute Gasteiger partial charge is 0.414 e. The number of hydrogen-bond donors (Lipinski definition) is 3. The number of urea groups is 1. The minimum absolute atomic E-state index is 0.0240. The predicted molar refractivity (Wildman–Crippen MR) is 134 cm³/mol. The maximum atomic E-state index is 12.6. The number of pyridine rings is 1. The highest BCUT2D eigenvalue weighted by molar-refractivity contribution is 6.03. The number of alkyl halides is 3. The number of fused-ring (bicyclic) bond motifs is 1. The van der Waals surface area contributed by atoms with Crippen molar-refractivity contribution in [1.29, 1.82) is 0 Å². The number of imidazole rings is 1. The van der Waals surface area contributed by atoms with Gasteiger partial charge in [-0.3, -0.25) is 9.20 Å². The average molecular weight is 525 g/mol. The third-order valence-corrected chi connectivity index (χ3v) is 5.61. The van der Waals surface area contributed by atoms with Gasteiger partial charge in [-0.15, -0.1) is 0 Å². The van der Waals surface area contributed by atoms with Crippen LogP contribution in [0.3, 0.4) is 0 Å². The number of imide groups is 1. The summed E-state index contributed by atoms with van der Waals surface area (Å²) in [7, 11) is 0. The first-order valence-electron chi connectivity index (χ1n) is 11.4. The van der Waals surface area contributed by atoms with Gasteiger partial charge < -0.3 is 15.7 Å². The Balaban J connectivity index is 1.57. The van der Waals surface area contributed by atoms with Crippen LogP contribution in [0.5, 0.6) is 0 Å². The first-order valence-corrected chi connectivity index (χ1v) is 11.4. The summed E-state index contributed by atoms with van der Waals surface area (Å²) in [5.41, 5.74) is 3.91. The molecule has 0 unspecified atom stereocenters. The largest absolute Gasteiger partial charge is 0.465 e. The van der Waals surface area contributed by atoms with Crippen molar-refractivity contribution in [3.05, 3.63) is 78.6 Å². The van der Waals surface area contributed by atoms with Crippen LogP contribution in [-0.2, 0) is 0 Å². The van der Waals surface area contributed by atoms with E-state index in [0.717, 1.165) is 10.5 Å². The molecule has 0 bridgehead atoms. The van der Waals surface area contributed by atoms with Gasteiger partial charge in [-0.05, 0) is 54.4 Å². The van der Waals surface area contributed by atoms with Crippen LogP contribution in [-0.4, -0.2) is 56.7 Å². The summed E-state index contributed by atoms with van der Waals surface area (Å²) in [6, 6.07) is 15.8. The molecule has 3 N–H and O–H groups in total. The number of nitrogens with zero attached hydrogens (tertiary/aromatic N) is 3. The molecule has 9 nitrogen and oxygen atoms in total. The molecule has 0 saturated heterocycles. The van der Waals surface area contributed by atoms with E-state index in [0.29, 0.717) is 28.2 Å². The number of carbonyl (C=O) groups is 3. The number of aromatic nitrogens is 2. The predicted octanol–water partition coefficient (Wildman–Crippen LogP) is 5.49. The SMILES string of the molecule is CCN(C(=O)O)C(=O)c1cccc(-c2ccn3c(-c4cccc(NC(=O)NCC(F)(F)F)c4)cnc3c2)c1. The van der Waals surface area contributed by atoms with Crippen LogP contribution in [0.15, 0.2) is 73.1 Å². The van der Waals surface area contributed by atoms with Gasteiger partial charge in [-0.2, -0.15) is 13.2 Å². The Morgan fingerprint density at radius 2 is 1.71 bits per heavy atom. The second-order valence-electron chi connectivity index (χ2n) is 8.20. The number of anilines is 1. The van der Waals surface area contributed by atoms with Crippen LogP contribution in [0.2, 0.25) is 0 Å². The Hall–Kier alpha value is -4.87. The molecule has 196 valence electrons. The van der Waals surface area contributed by atoms with Crippen LogP contribution in [0.4, 0.5) is 28.4 Å². The first-order chi connectivity index (χ1) is 18.1. The second kappa shape index (κ2) is 10.6. The number of halogens is 3. The molecule has 4 amide bonds. The zero-order chi connectivity index (χ0) is 27.4. The second-order valence-corrected chi connectivity index (χ2v) is 8.20. The van der Waals surface area contributed by atoms with Crippen molar-refractivity contribution in [2.24, 2.45) is 0 Å². The number of benzene rings is 2. The summed E-state index contributed by atoms with van der Waals surface area (Å²) in [5, 5.41) is 13.4. The number of carboxylic acid groups (broad SMARTS) is 1. The van der Waals surface area contributed by atoms with Crippen molar-refractivity contribution in [3.63, 3.8) is 0 Å². The van der Waals surface area contributed by atoms with E-state index in [4.69, 9.17) is 0 Å². The molecule has 0 aliphatic heterocycles. The van der Waals surface area contributed by atoms with Gasteiger partial charge in [0.15, 0.2) is 0 Å². The average Bonchev–Trinajstić information content (AvgIpc) is 3.31. The van der Waals surface area contributed by atoms with E-state index in [-0.39, 0.29) is 12.1 Å². The molecule has 4 aromatic rings. The van der Waals surface area contributed by atoms with Crippen molar-refractivity contribution in [1.82, 2.24) is 19.6 Å². The number of hydrogen-bond acceptors (Lipinski definition) is 4. The fraction of sp³-hybridized carbons (Fsp3) is 0.154. The van der Waals surface area contributed by atoms with Gasteiger partial charge >= 0.3 is 18.3 Å². The van der Waals surface area contributed by atoms with Gasteiger partial charge in [0.2, 0.25) is 0 Å². The van der Waals surface area contributed by atoms with Gasteiger partial charge in [-0.25, -0.2) is 19.5 Å². The molecular formula is C26H22F3N5O4. The number of rotatable bonds is 6. The lowest BCUT2D eigenvalue weighted by Gasteiger charge is -2.15. The first kappa shape index (κ1) is 26.2. The van der Waals surface area contributed by atoms with E-state index in [2.05, 4.69) is 10.3 Å². The van der Waals surface area contributed by atoms with Gasteiger partial charge in [0, 0.05) is 29.6 Å². The van der Waals surface area contributed by atoms with E-state index in [1.165, 1.54) is 0 Å². The van der Waals surface area contributed by atoms with Crippen LogP contribution >= 0.6 is 0 Å². The molecule has 0 fully saturated rings. The van der Waals surface area contributed by atoms with Gasteiger partial charge in [0.1, 0.15) is 12.2 Å². The molecule has 0 saturated carbocycles. The highest BCUT2D eigenvalue weighted by Gasteiger charge is 2.27. The molecule has 2 heterocycles. The molecule has 0 spiro atoms. The zero-order valence-corrected chi connectivity index (χ0v) is 20.0. The van der Waals surface area contributed by atoms with Crippen LogP contribution in [0, 0.1) is 0 Å². The van der Waals surface area contributed by atoms with E-state index >= 15 is 0 Å². The third-order valence-electron chi connectivity index (χ3n) is 5.61. The summed E-state index contributed by atoms with van der Waals surface area (Å²) < 4.78 is 38.8. The van der Waals surface area contributed by atoms with E-state index in [1.807, 2.05) is 6.07 Å². The fourth-order valence-electron chi connectivity index (χ4n) is 3.84. The van der Waals surface area contributed by atoms with Gasteiger partial charge in [-0.1, -0.05) is 24.3 Å². The summed E-state index contributed by atoms with van der Waals surface area (Å²) >= 11 is 0. The van der Waals surface area contributed by atoms with Crippen LogP contribution in [0.1, 0.15) is 17.3 Å². The third kappa shape index (κ3) is 5.91. The van der Waals surface area contributed by atoms with Gasteiger partial charge in [0.05, 0.1) is 11.9 Å². The Bertz CT molecular complexity index is 1520. The number of nitrogens with one attached hydrogen (secondary N) is 2. The molecule has 0 aliphatic rings. The Morgan fingerprint density at radius 3 is 2.42 bits per heavy atom. The lowest BCUT2D eigenvalue weighted by Crippen LogP contribution is -2.36. The van der Waals surface area contributed by atoms with Crippen molar-refractivity contribution < 1.29 is 32.7 Å². The molecular weight excluding hydrogens is 503 g/mol. The van der Waals surface area contributed by atoms with Crippen molar-refractivity contribution in [3.8, 4) is 22.4 Å². The summed E-state index contributed by atoms with van der Waals surface area (Å²) in [6.07, 6.45) is -2.45. The molecule has 12 heteroatoms. The van der Waals surface area contributed by atoms with Gasteiger partial charge in [0.25, 0.3) is 5.91 Å². The quantitative estimate of drug-likeness (QED) is 0.308. The minimum atomic E-state index is -4.51. The monoisotopic (exact) mass is 525 g/mol. The normalized spacial score (nSPS) is 11.3. The Labute approximate surface area is 214 Å². The summed E-state index contributed by atoms with van der Waals surface area (Å²) in [4.78, 5) is 40.9. The Kier molecular flexibility index (Phi) is 7.33. The highest BCUT2D eigenvalue weighted by atomic mass is 19.4. The van der Waals surface area contributed by atoms with E-state index < -0.39 is 30.8 Å². The van der Waals surface area contributed by atoms with Crippen molar-refractivity contribution in [2.75, 3.05) is 18.4 Å². The molecule has 0 radical (unpaired) electrons. The van der Waals surface area contributed by atoms with Crippen molar-refractivity contribution >= 4 is 29.4 Å². The highest BCUT2D eigenvalue weighted by Crippen LogP contribution is 2.27. The van der Waals surface area contributed by atoms with Crippen LogP contribution < -0.4 is 10.6 Å². The molecule has 38 heavy (non-hydrogen) atoms. The summed E-state index contributed by atoms with van der Waals surface area (Å²) in [6.45, 7) is 0.159. The maximum absolute atomic E-state index is 12.6. The molecule has 0 aliphatic carbocycles. The number of amides is 4. The standard InChI is InChI=1S/C26H22F3N5O4/c1-2-33(25(37)38)23(35)19-7-3-5-16(11-19)17-9-10-34-21(14-30-22(34)13-17)18-6-4-8-20(12-18)32-24(36)31-15-26(27,28)29/h3-14H,2,15H2,1H3,(H,37,38)(H2,31,32,36). The number of carbonyl (C=O) groups excluding carboxylic acids is 2. The lowest BCUT2D eigenvalue weighted by molar-refractivity contribution is -0.122.